The molecule has 18 heavy (non-hydrogen) atoms. The summed E-state index contributed by atoms with van der Waals surface area (Å²) < 4.78 is 26.3. The number of aromatic nitrogens is 2. The van der Waals surface area contributed by atoms with Gasteiger partial charge in [-0.1, -0.05) is 6.07 Å². The topological polar surface area (TPSA) is 101 Å². The summed E-state index contributed by atoms with van der Waals surface area (Å²) in [7, 11) is -3.51. The van der Waals surface area contributed by atoms with Gasteiger partial charge >= 0.3 is 0 Å². The van der Waals surface area contributed by atoms with Gasteiger partial charge in [0.05, 0.1) is 4.90 Å². The molecule has 2 aromatic rings. The van der Waals surface area contributed by atoms with E-state index in [-0.39, 0.29) is 11.4 Å². The Bertz CT molecular complexity index is 608. The SMILES string of the molecule is Nc1cccc(S(=O)(=O)NCCc2ncc[nH]2)c1. The lowest BCUT2D eigenvalue weighted by Gasteiger charge is -2.06. The summed E-state index contributed by atoms with van der Waals surface area (Å²) in [4.78, 5) is 7.09. The molecule has 96 valence electrons. The van der Waals surface area contributed by atoms with Crippen molar-refractivity contribution in [3.63, 3.8) is 0 Å². The zero-order chi connectivity index (χ0) is 13.0. The number of hydrogen-bond donors (Lipinski definition) is 3. The minimum absolute atomic E-state index is 0.168. The van der Waals surface area contributed by atoms with Crippen LogP contribution in [0.25, 0.3) is 0 Å². The second kappa shape index (κ2) is 5.19. The largest absolute Gasteiger partial charge is 0.399 e. The maximum absolute atomic E-state index is 11.9. The fourth-order valence-electron chi connectivity index (χ4n) is 1.50. The van der Waals surface area contributed by atoms with E-state index in [4.69, 9.17) is 5.73 Å². The number of nitrogen functional groups attached to an aromatic ring is 1. The average Bonchev–Trinajstić information content (AvgIpc) is 2.82. The van der Waals surface area contributed by atoms with Gasteiger partial charge in [-0.15, -0.1) is 0 Å². The standard InChI is InChI=1S/C11H14N4O2S/c12-9-2-1-3-10(8-9)18(16,17)15-5-4-11-13-6-7-14-11/h1-3,6-8,15H,4-5,12H2,(H,13,14). The summed E-state index contributed by atoms with van der Waals surface area (Å²) in [5.41, 5.74) is 5.97. The lowest BCUT2D eigenvalue weighted by molar-refractivity contribution is 0.581. The first-order valence-corrected chi connectivity index (χ1v) is 6.90. The molecule has 1 aromatic heterocycles. The molecule has 7 heteroatoms. The van der Waals surface area contributed by atoms with Crippen LogP contribution in [-0.2, 0) is 16.4 Å². The Hall–Kier alpha value is -1.86. The predicted octanol–water partition coefficient (Wildman–Crippen LogP) is 0.513. The third-order valence-electron chi connectivity index (χ3n) is 2.38. The molecule has 6 nitrogen and oxygen atoms in total. The Morgan fingerprint density at radius 2 is 2.22 bits per heavy atom. The van der Waals surface area contributed by atoms with E-state index >= 15 is 0 Å². The minimum atomic E-state index is -3.51. The Labute approximate surface area is 105 Å². The van der Waals surface area contributed by atoms with Crippen LogP contribution < -0.4 is 10.5 Å². The summed E-state index contributed by atoms with van der Waals surface area (Å²) in [6.45, 7) is 0.282. The van der Waals surface area contributed by atoms with Crippen LogP contribution in [0.4, 0.5) is 5.69 Å². The Kier molecular flexibility index (Phi) is 3.63. The number of aromatic amines is 1. The van der Waals surface area contributed by atoms with E-state index < -0.39 is 10.0 Å². The first-order chi connectivity index (χ1) is 8.58. The summed E-state index contributed by atoms with van der Waals surface area (Å²) in [6, 6.07) is 6.18. The lowest BCUT2D eigenvalue weighted by atomic mass is 10.3. The fourth-order valence-corrected chi connectivity index (χ4v) is 2.59. The van der Waals surface area contributed by atoms with Gasteiger partial charge < -0.3 is 10.7 Å². The second-order valence-electron chi connectivity index (χ2n) is 3.76. The third-order valence-corrected chi connectivity index (χ3v) is 3.84. The Morgan fingerprint density at radius 3 is 2.89 bits per heavy atom. The van der Waals surface area contributed by atoms with Gasteiger partial charge in [0.15, 0.2) is 0 Å². The van der Waals surface area contributed by atoms with Gasteiger partial charge in [0.25, 0.3) is 0 Å². The van der Waals surface area contributed by atoms with Gasteiger partial charge in [0.2, 0.25) is 10.0 Å². The molecule has 0 atom stereocenters. The molecule has 1 aromatic carbocycles. The molecule has 1 heterocycles. The number of benzene rings is 1. The van der Waals surface area contributed by atoms with Gasteiger partial charge in [-0.3, -0.25) is 0 Å². The molecule has 0 unspecified atom stereocenters. The predicted molar refractivity (Wildman–Crippen MR) is 68.3 cm³/mol. The van der Waals surface area contributed by atoms with E-state index in [9.17, 15) is 8.42 Å². The highest BCUT2D eigenvalue weighted by molar-refractivity contribution is 7.89. The number of anilines is 1. The molecule has 0 saturated carbocycles. The van der Waals surface area contributed by atoms with Crippen LogP contribution in [0, 0.1) is 0 Å². The zero-order valence-corrected chi connectivity index (χ0v) is 10.4. The van der Waals surface area contributed by atoms with Gasteiger partial charge in [-0.25, -0.2) is 18.1 Å². The van der Waals surface area contributed by atoms with Crippen molar-refractivity contribution in [1.82, 2.24) is 14.7 Å². The van der Waals surface area contributed by atoms with Crippen LogP contribution >= 0.6 is 0 Å². The van der Waals surface area contributed by atoms with E-state index in [2.05, 4.69) is 14.7 Å². The Morgan fingerprint density at radius 1 is 1.39 bits per heavy atom. The number of rotatable bonds is 5. The first kappa shape index (κ1) is 12.6. The normalized spacial score (nSPS) is 11.6. The summed E-state index contributed by atoms with van der Waals surface area (Å²) in [5, 5.41) is 0. The Balaban J connectivity index is 1.99. The molecule has 0 aliphatic heterocycles. The van der Waals surface area contributed by atoms with E-state index in [1.807, 2.05) is 0 Å². The molecule has 4 N–H and O–H groups in total. The van der Waals surface area contributed by atoms with Crippen LogP contribution in [0.15, 0.2) is 41.6 Å². The highest BCUT2D eigenvalue weighted by atomic mass is 32.2. The van der Waals surface area contributed by atoms with Gasteiger partial charge in [-0.2, -0.15) is 0 Å². The fraction of sp³-hybridized carbons (Fsp3) is 0.182. The molecule has 0 aliphatic carbocycles. The van der Waals surface area contributed by atoms with Crippen LogP contribution in [0.3, 0.4) is 0 Å². The average molecular weight is 266 g/mol. The van der Waals surface area contributed by atoms with Gasteiger partial charge in [0, 0.05) is 31.0 Å². The van der Waals surface area contributed by atoms with Crippen LogP contribution in [0.5, 0.6) is 0 Å². The van der Waals surface area contributed by atoms with Crippen LogP contribution in [0.1, 0.15) is 5.82 Å². The van der Waals surface area contributed by atoms with Crippen molar-refractivity contribution >= 4 is 15.7 Å². The quantitative estimate of drug-likeness (QED) is 0.686. The second-order valence-corrected chi connectivity index (χ2v) is 5.52. The molecule has 0 amide bonds. The first-order valence-electron chi connectivity index (χ1n) is 5.41. The molecule has 0 aliphatic rings. The van der Waals surface area contributed by atoms with Crippen molar-refractivity contribution in [1.29, 1.82) is 0 Å². The van der Waals surface area contributed by atoms with Crippen molar-refractivity contribution in [3.05, 3.63) is 42.5 Å². The van der Waals surface area contributed by atoms with Crippen molar-refractivity contribution in [2.45, 2.75) is 11.3 Å². The molecular formula is C11H14N4O2S. The monoisotopic (exact) mass is 266 g/mol. The van der Waals surface area contributed by atoms with Crippen molar-refractivity contribution in [2.75, 3.05) is 12.3 Å². The lowest BCUT2D eigenvalue weighted by Crippen LogP contribution is -2.26. The maximum Gasteiger partial charge on any atom is 0.240 e. The molecule has 0 spiro atoms. The van der Waals surface area contributed by atoms with Crippen LogP contribution in [0.2, 0.25) is 0 Å². The van der Waals surface area contributed by atoms with Crippen molar-refractivity contribution in [2.24, 2.45) is 0 Å². The van der Waals surface area contributed by atoms with E-state index in [0.29, 0.717) is 12.1 Å². The third kappa shape index (κ3) is 3.08. The number of nitrogens with one attached hydrogen (secondary N) is 2. The highest BCUT2D eigenvalue weighted by Gasteiger charge is 2.13. The van der Waals surface area contributed by atoms with E-state index in [1.54, 1.807) is 24.5 Å². The molecule has 0 bridgehead atoms. The number of nitrogens with two attached hydrogens (primary N) is 1. The minimum Gasteiger partial charge on any atom is -0.399 e. The van der Waals surface area contributed by atoms with Crippen molar-refractivity contribution in [3.8, 4) is 0 Å². The number of sulfonamides is 1. The maximum atomic E-state index is 11.9. The molecule has 0 saturated heterocycles. The number of hydrogen-bond acceptors (Lipinski definition) is 4. The van der Waals surface area contributed by atoms with Crippen molar-refractivity contribution < 1.29 is 8.42 Å². The number of H-pyrrole nitrogens is 1. The number of nitrogens with zero attached hydrogens (tertiary/aromatic N) is 1. The summed E-state index contributed by atoms with van der Waals surface area (Å²) in [5.74, 6) is 0.741. The van der Waals surface area contributed by atoms with Crippen LogP contribution in [-0.4, -0.2) is 24.9 Å². The molecule has 0 radical (unpaired) electrons. The highest BCUT2D eigenvalue weighted by Crippen LogP contribution is 2.12. The van der Waals surface area contributed by atoms with Gasteiger partial charge in [-0.05, 0) is 18.2 Å². The molecular weight excluding hydrogens is 252 g/mol. The number of imidazole rings is 1. The molecule has 2 rings (SSSR count). The van der Waals surface area contributed by atoms with Gasteiger partial charge in [0.1, 0.15) is 5.82 Å². The van der Waals surface area contributed by atoms with E-state index in [0.717, 1.165) is 5.82 Å². The smallest absolute Gasteiger partial charge is 0.240 e. The molecule has 0 fully saturated rings. The summed E-state index contributed by atoms with van der Waals surface area (Å²) >= 11 is 0. The zero-order valence-electron chi connectivity index (χ0n) is 9.63. The van der Waals surface area contributed by atoms with E-state index in [1.165, 1.54) is 12.1 Å². The summed E-state index contributed by atoms with van der Waals surface area (Å²) in [6.07, 6.45) is 3.83.